The Morgan fingerprint density at radius 3 is 2.84 bits per heavy atom. The third-order valence-corrected chi connectivity index (χ3v) is 4.40. The van der Waals surface area contributed by atoms with Gasteiger partial charge in [-0.25, -0.2) is 4.98 Å². The maximum absolute atomic E-state index is 4.68. The summed E-state index contributed by atoms with van der Waals surface area (Å²) in [6.45, 7) is 3.22. The Morgan fingerprint density at radius 2 is 2.16 bits per heavy atom. The van der Waals surface area contributed by atoms with E-state index in [1.165, 1.54) is 16.1 Å². The number of nitrogens with one attached hydrogen (secondary N) is 1. The second-order valence-corrected chi connectivity index (χ2v) is 5.75. The van der Waals surface area contributed by atoms with Crippen LogP contribution in [0.4, 0.5) is 0 Å². The first kappa shape index (κ1) is 16.7. The summed E-state index contributed by atoms with van der Waals surface area (Å²) in [5.41, 5.74) is 1.13. The summed E-state index contributed by atoms with van der Waals surface area (Å²) in [7, 11) is 2.20. The molecule has 1 N–H and O–H groups in total. The van der Waals surface area contributed by atoms with E-state index in [0.29, 0.717) is 6.04 Å². The Morgan fingerprint density at radius 1 is 1.37 bits per heavy atom. The van der Waals surface area contributed by atoms with E-state index < -0.39 is 0 Å². The molecule has 106 valence electrons. The Balaban J connectivity index is 0.000000902. The Kier molecular flexibility index (Phi) is 6.50. The molecule has 0 spiro atoms. The topological polar surface area (TPSA) is 28.2 Å². The SMILES string of the molecule is CN(Cc1nc2ccccc2s1)C1CCNC1.Cl.Cl. The van der Waals surface area contributed by atoms with Gasteiger partial charge in [0, 0.05) is 12.6 Å². The summed E-state index contributed by atoms with van der Waals surface area (Å²) >= 11 is 1.81. The fourth-order valence-electron chi connectivity index (χ4n) is 2.35. The molecule has 1 aliphatic heterocycles. The van der Waals surface area contributed by atoms with Crippen molar-refractivity contribution in [3.8, 4) is 0 Å². The van der Waals surface area contributed by atoms with Crippen LogP contribution in [-0.4, -0.2) is 36.1 Å². The van der Waals surface area contributed by atoms with Crippen LogP contribution in [0.15, 0.2) is 24.3 Å². The number of rotatable bonds is 3. The van der Waals surface area contributed by atoms with Gasteiger partial charge < -0.3 is 5.32 Å². The lowest BCUT2D eigenvalue weighted by molar-refractivity contribution is 0.249. The highest BCUT2D eigenvalue weighted by Gasteiger charge is 2.19. The molecule has 6 heteroatoms. The zero-order valence-electron chi connectivity index (χ0n) is 10.8. The van der Waals surface area contributed by atoms with Crippen LogP contribution in [0.5, 0.6) is 0 Å². The maximum Gasteiger partial charge on any atom is 0.108 e. The monoisotopic (exact) mass is 319 g/mol. The van der Waals surface area contributed by atoms with Crippen molar-refractivity contribution in [3.63, 3.8) is 0 Å². The van der Waals surface area contributed by atoms with E-state index in [9.17, 15) is 0 Å². The number of hydrogen-bond acceptors (Lipinski definition) is 4. The van der Waals surface area contributed by atoms with Crippen LogP contribution >= 0.6 is 36.2 Å². The van der Waals surface area contributed by atoms with Crippen molar-refractivity contribution in [2.24, 2.45) is 0 Å². The van der Waals surface area contributed by atoms with E-state index in [-0.39, 0.29) is 24.8 Å². The molecular weight excluding hydrogens is 301 g/mol. The van der Waals surface area contributed by atoms with E-state index in [1.807, 2.05) is 11.3 Å². The number of benzene rings is 1. The molecule has 2 aromatic rings. The fourth-order valence-corrected chi connectivity index (χ4v) is 3.38. The Hall–Kier alpha value is -0.390. The van der Waals surface area contributed by atoms with Crippen LogP contribution < -0.4 is 5.32 Å². The number of nitrogens with zero attached hydrogens (tertiary/aromatic N) is 2. The van der Waals surface area contributed by atoms with Gasteiger partial charge in [0.05, 0.1) is 16.8 Å². The predicted octanol–water partition coefficient (Wildman–Crippen LogP) is 2.93. The van der Waals surface area contributed by atoms with Gasteiger partial charge in [-0.2, -0.15) is 0 Å². The number of para-hydroxylation sites is 1. The first-order chi connectivity index (χ1) is 8.33. The highest BCUT2D eigenvalue weighted by atomic mass is 35.5. The molecule has 1 aromatic heterocycles. The number of fused-ring (bicyclic) bond motifs is 1. The molecule has 0 saturated carbocycles. The molecule has 2 heterocycles. The van der Waals surface area contributed by atoms with Crippen LogP contribution in [0, 0.1) is 0 Å². The lowest BCUT2D eigenvalue weighted by Crippen LogP contribution is -2.32. The summed E-state index contributed by atoms with van der Waals surface area (Å²) in [5, 5.41) is 4.63. The van der Waals surface area contributed by atoms with Crippen LogP contribution in [0.3, 0.4) is 0 Å². The highest BCUT2D eigenvalue weighted by molar-refractivity contribution is 7.18. The molecule has 19 heavy (non-hydrogen) atoms. The quantitative estimate of drug-likeness (QED) is 0.942. The molecule has 0 aliphatic carbocycles. The summed E-state index contributed by atoms with van der Waals surface area (Å²) in [5.74, 6) is 0. The molecule has 1 aromatic carbocycles. The summed E-state index contributed by atoms with van der Waals surface area (Å²) in [6.07, 6.45) is 1.25. The van der Waals surface area contributed by atoms with Crippen molar-refractivity contribution >= 4 is 46.4 Å². The molecule has 3 nitrogen and oxygen atoms in total. The van der Waals surface area contributed by atoms with Gasteiger partial charge in [0.25, 0.3) is 0 Å². The third-order valence-electron chi connectivity index (χ3n) is 3.38. The van der Waals surface area contributed by atoms with Gasteiger partial charge >= 0.3 is 0 Å². The highest BCUT2D eigenvalue weighted by Crippen LogP contribution is 2.23. The molecule has 3 rings (SSSR count). The second kappa shape index (κ2) is 7.41. The minimum atomic E-state index is 0. The van der Waals surface area contributed by atoms with Crippen LogP contribution in [0.1, 0.15) is 11.4 Å². The van der Waals surface area contributed by atoms with Crippen molar-refractivity contribution in [3.05, 3.63) is 29.3 Å². The molecule has 1 aliphatic rings. The zero-order chi connectivity index (χ0) is 11.7. The summed E-state index contributed by atoms with van der Waals surface area (Å²) < 4.78 is 1.29. The van der Waals surface area contributed by atoms with Crippen molar-refractivity contribution in [1.82, 2.24) is 15.2 Å². The van der Waals surface area contributed by atoms with E-state index in [0.717, 1.165) is 25.2 Å². The van der Waals surface area contributed by atoms with Gasteiger partial charge in [-0.05, 0) is 32.1 Å². The normalized spacial score (nSPS) is 18.3. The molecule has 1 atom stereocenters. The van der Waals surface area contributed by atoms with Crippen LogP contribution in [-0.2, 0) is 6.54 Å². The van der Waals surface area contributed by atoms with Gasteiger partial charge in [0.1, 0.15) is 5.01 Å². The fraction of sp³-hybridized carbons (Fsp3) is 0.462. The minimum absolute atomic E-state index is 0. The Bertz CT molecular complexity index is 478. The number of hydrogen-bond donors (Lipinski definition) is 1. The standard InChI is InChI=1S/C13H17N3S.2ClH/c1-16(10-6-7-14-8-10)9-13-15-11-4-2-3-5-12(11)17-13;;/h2-5,10,14H,6-9H2,1H3;2*1H. The molecular formula is C13H19Cl2N3S. The molecule has 0 amide bonds. The molecule has 1 fully saturated rings. The predicted molar refractivity (Wildman–Crippen MR) is 86.9 cm³/mol. The van der Waals surface area contributed by atoms with Gasteiger partial charge in [-0.15, -0.1) is 36.2 Å². The van der Waals surface area contributed by atoms with Crippen LogP contribution in [0.25, 0.3) is 10.2 Å². The maximum atomic E-state index is 4.68. The zero-order valence-corrected chi connectivity index (χ0v) is 13.3. The van der Waals surface area contributed by atoms with Crippen molar-refractivity contribution < 1.29 is 0 Å². The number of aromatic nitrogens is 1. The van der Waals surface area contributed by atoms with Gasteiger partial charge in [0.15, 0.2) is 0 Å². The Labute approximate surface area is 130 Å². The summed E-state index contributed by atoms with van der Waals surface area (Å²) in [6, 6.07) is 9.04. The van der Waals surface area contributed by atoms with E-state index in [1.54, 1.807) is 0 Å². The van der Waals surface area contributed by atoms with Crippen molar-refractivity contribution in [1.29, 1.82) is 0 Å². The van der Waals surface area contributed by atoms with Crippen LogP contribution in [0.2, 0.25) is 0 Å². The number of thiazole rings is 1. The smallest absolute Gasteiger partial charge is 0.108 e. The minimum Gasteiger partial charge on any atom is -0.315 e. The van der Waals surface area contributed by atoms with E-state index in [4.69, 9.17) is 0 Å². The first-order valence-electron chi connectivity index (χ1n) is 6.08. The second-order valence-electron chi connectivity index (χ2n) is 4.64. The average Bonchev–Trinajstić information content (AvgIpc) is 2.97. The lowest BCUT2D eigenvalue weighted by atomic mass is 10.2. The third kappa shape index (κ3) is 3.80. The van der Waals surface area contributed by atoms with Crippen molar-refractivity contribution in [2.75, 3.05) is 20.1 Å². The average molecular weight is 320 g/mol. The van der Waals surface area contributed by atoms with Gasteiger partial charge in [-0.1, -0.05) is 12.1 Å². The number of likely N-dealkylation sites (N-methyl/N-ethyl adjacent to an activating group) is 1. The number of halogens is 2. The van der Waals surface area contributed by atoms with Crippen molar-refractivity contribution in [2.45, 2.75) is 19.0 Å². The summed E-state index contributed by atoms with van der Waals surface area (Å²) in [4.78, 5) is 7.09. The largest absolute Gasteiger partial charge is 0.315 e. The molecule has 0 radical (unpaired) electrons. The van der Waals surface area contributed by atoms with E-state index in [2.05, 4.69) is 46.5 Å². The first-order valence-corrected chi connectivity index (χ1v) is 6.90. The van der Waals surface area contributed by atoms with E-state index >= 15 is 0 Å². The molecule has 1 unspecified atom stereocenters. The molecule has 0 bridgehead atoms. The molecule has 1 saturated heterocycles. The van der Waals surface area contributed by atoms with Gasteiger partial charge in [-0.3, -0.25) is 4.90 Å². The lowest BCUT2D eigenvalue weighted by Gasteiger charge is -2.21. The van der Waals surface area contributed by atoms with Gasteiger partial charge in [0.2, 0.25) is 0 Å².